The van der Waals surface area contributed by atoms with Crippen LogP contribution in [-0.4, -0.2) is 61.4 Å². The van der Waals surface area contributed by atoms with Crippen LogP contribution in [-0.2, 0) is 4.74 Å². The molecule has 7 nitrogen and oxygen atoms in total. The Kier molecular flexibility index (Phi) is 6.43. The molecule has 3 heterocycles. The van der Waals surface area contributed by atoms with E-state index in [-0.39, 0.29) is 0 Å². The second-order valence-electron chi connectivity index (χ2n) is 7.01. The van der Waals surface area contributed by atoms with E-state index >= 15 is 0 Å². The fourth-order valence-corrected chi connectivity index (χ4v) is 4.13. The summed E-state index contributed by atoms with van der Waals surface area (Å²) in [6.45, 7) is 7.34. The van der Waals surface area contributed by atoms with Crippen molar-refractivity contribution in [3.63, 3.8) is 0 Å². The zero-order valence-corrected chi connectivity index (χ0v) is 17.6. The number of hydrogen-bond donors (Lipinski definition) is 1. The van der Waals surface area contributed by atoms with Crippen molar-refractivity contribution in [1.29, 1.82) is 0 Å². The number of methoxy groups -OCH3 is 1. The molecule has 0 spiro atoms. The third-order valence-electron chi connectivity index (χ3n) is 4.87. The third kappa shape index (κ3) is 4.95. The molecule has 1 aliphatic heterocycles. The molecular formula is C21H26N4O3S. The number of nitrogens with one attached hydrogen (secondary N) is 1. The summed E-state index contributed by atoms with van der Waals surface area (Å²) in [6, 6.07) is 5.96. The van der Waals surface area contributed by atoms with E-state index in [4.69, 9.17) is 14.2 Å². The molecule has 0 saturated carbocycles. The first-order valence-corrected chi connectivity index (χ1v) is 10.7. The normalized spacial score (nSPS) is 14.8. The molecule has 0 aliphatic carbocycles. The Morgan fingerprint density at radius 2 is 2.03 bits per heavy atom. The smallest absolute Gasteiger partial charge is 0.163 e. The quantitative estimate of drug-likeness (QED) is 0.562. The molecule has 0 amide bonds. The number of morpholine rings is 1. The average Bonchev–Trinajstić information content (AvgIpc) is 3.16. The van der Waals surface area contributed by atoms with Gasteiger partial charge < -0.3 is 19.5 Å². The van der Waals surface area contributed by atoms with Crippen LogP contribution in [0.5, 0.6) is 11.5 Å². The van der Waals surface area contributed by atoms with Crippen molar-refractivity contribution in [1.82, 2.24) is 14.9 Å². The highest BCUT2D eigenvalue weighted by atomic mass is 32.1. The third-order valence-corrected chi connectivity index (χ3v) is 5.84. The summed E-state index contributed by atoms with van der Waals surface area (Å²) in [6.07, 6.45) is 2.52. The van der Waals surface area contributed by atoms with Gasteiger partial charge in [0.1, 0.15) is 12.1 Å². The number of hydrogen-bond acceptors (Lipinski definition) is 8. The first-order valence-electron chi connectivity index (χ1n) is 9.81. The van der Waals surface area contributed by atoms with Gasteiger partial charge in [-0.3, -0.25) is 4.90 Å². The van der Waals surface area contributed by atoms with Gasteiger partial charge in [-0.05, 0) is 36.4 Å². The molecule has 1 aromatic carbocycles. The molecule has 154 valence electrons. The maximum Gasteiger partial charge on any atom is 0.163 e. The lowest BCUT2D eigenvalue weighted by atomic mass is 10.2. The van der Waals surface area contributed by atoms with Crippen LogP contribution >= 0.6 is 11.3 Å². The molecule has 0 atom stereocenters. The van der Waals surface area contributed by atoms with Crippen LogP contribution in [0.3, 0.4) is 0 Å². The zero-order chi connectivity index (χ0) is 20.1. The van der Waals surface area contributed by atoms with E-state index in [1.165, 1.54) is 5.56 Å². The Balaban J connectivity index is 1.46. The van der Waals surface area contributed by atoms with Crippen molar-refractivity contribution in [2.75, 3.05) is 51.9 Å². The van der Waals surface area contributed by atoms with Crippen molar-refractivity contribution in [2.45, 2.75) is 13.3 Å². The molecular weight excluding hydrogens is 388 g/mol. The highest BCUT2D eigenvalue weighted by Gasteiger charge is 2.13. The number of aromatic nitrogens is 2. The predicted molar refractivity (Wildman–Crippen MR) is 116 cm³/mol. The summed E-state index contributed by atoms with van der Waals surface area (Å²) < 4.78 is 17.0. The minimum Gasteiger partial charge on any atom is -0.493 e. The number of rotatable bonds is 8. The van der Waals surface area contributed by atoms with E-state index < -0.39 is 0 Å². The van der Waals surface area contributed by atoms with Gasteiger partial charge in [-0.2, -0.15) is 0 Å². The number of fused-ring (bicyclic) bond motifs is 1. The fraction of sp³-hybridized carbons (Fsp3) is 0.429. The van der Waals surface area contributed by atoms with E-state index in [9.17, 15) is 0 Å². The van der Waals surface area contributed by atoms with Crippen LogP contribution in [0, 0.1) is 6.92 Å². The first-order chi connectivity index (χ1) is 14.2. The maximum absolute atomic E-state index is 6.03. The van der Waals surface area contributed by atoms with Gasteiger partial charge in [0.2, 0.25) is 0 Å². The second-order valence-corrected chi connectivity index (χ2v) is 7.92. The minimum absolute atomic E-state index is 0.629. The standard InChI is InChI=1S/C21H26N4O3S/c1-15-10-20(29-13-15)24-21-16-11-18(26-2)19(12-17(16)22-14-23-21)28-7-3-4-25-5-8-27-9-6-25/h10-14H,3-9H2,1-2H3,(H,22,23,24). The van der Waals surface area contributed by atoms with Gasteiger partial charge in [-0.15, -0.1) is 11.3 Å². The second kappa shape index (κ2) is 9.39. The summed E-state index contributed by atoms with van der Waals surface area (Å²) in [7, 11) is 1.65. The van der Waals surface area contributed by atoms with Gasteiger partial charge in [0.15, 0.2) is 11.5 Å². The molecule has 4 rings (SSSR count). The largest absolute Gasteiger partial charge is 0.493 e. The molecule has 8 heteroatoms. The Hall–Kier alpha value is -2.42. The van der Waals surface area contributed by atoms with Crippen LogP contribution < -0.4 is 14.8 Å². The van der Waals surface area contributed by atoms with E-state index in [0.717, 1.165) is 61.0 Å². The molecule has 1 N–H and O–H groups in total. The number of anilines is 2. The summed E-state index contributed by atoms with van der Waals surface area (Å²) in [5, 5.41) is 7.43. The van der Waals surface area contributed by atoms with Crippen molar-refractivity contribution >= 4 is 33.1 Å². The van der Waals surface area contributed by atoms with Crippen LogP contribution in [0.15, 0.2) is 29.9 Å². The first kappa shape index (κ1) is 19.9. The van der Waals surface area contributed by atoms with E-state index in [0.29, 0.717) is 18.1 Å². The van der Waals surface area contributed by atoms with Crippen LogP contribution in [0.25, 0.3) is 10.9 Å². The summed E-state index contributed by atoms with van der Waals surface area (Å²) in [4.78, 5) is 11.2. The number of aryl methyl sites for hydroxylation is 1. The van der Waals surface area contributed by atoms with Gasteiger partial charge in [0.25, 0.3) is 0 Å². The Morgan fingerprint density at radius 3 is 2.79 bits per heavy atom. The molecule has 0 bridgehead atoms. The van der Waals surface area contributed by atoms with Crippen molar-refractivity contribution in [3.05, 3.63) is 35.5 Å². The number of thiophene rings is 1. The SMILES string of the molecule is COc1cc2c(Nc3cc(C)cs3)ncnc2cc1OCCCN1CCOCC1. The number of benzene rings is 1. The predicted octanol–water partition coefficient (Wildman–Crippen LogP) is 3.85. The van der Waals surface area contributed by atoms with Gasteiger partial charge in [0.05, 0.1) is 37.4 Å². The van der Waals surface area contributed by atoms with Gasteiger partial charge in [-0.1, -0.05) is 0 Å². The Labute approximate surface area is 174 Å². The number of nitrogens with zero attached hydrogens (tertiary/aromatic N) is 3. The summed E-state index contributed by atoms with van der Waals surface area (Å²) >= 11 is 1.65. The van der Waals surface area contributed by atoms with Crippen LogP contribution in [0.1, 0.15) is 12.0 Å². The molecule has 29 heavy (non-hydrogen) atoms. The lowest BCUT2D eigenvalue weighted by Gasteiger charge is -2.26. The molecule has 0 radical (unpaired) electrons. The summed E-state index contributed by atoms with van der Waals surface area (Å²) in [5.74, 6) is 2.15. The number of ether oxygens (including phenoxy) is 3. The van der Waals surface area contributed by atoms with Crippen LogP contribution in [0.2, 0.25) is 0 Å². The zero-order valence-electron chi connectivity index (χ0n) is 16.8. The summed E-state index contributed by atoms with van der Waals surface area (Å²) in [5.41, 5.74) is 2.04. The molecule has 1 aliphatic rings. The van der Waals surface area contributed by atoms with Gasteiger partial charge >= 0.3 is 0 Å². The molecule has 2 aromatic heterocycles. The highest BCUT2D eigenvalue weighted by Crippen LogP contribution is 2.35. The van der Waals surface area contributed by atoms with Crippen LogP contribution in [0.4, 0.5) is 10.8 Å². The minimum atomic E-state index is 0.629. The lowest BCUT2D eigenvalue weighted by Crippen LogP contribution is -2.37. The van der Waals surface area contributed by atoms with E-state index in [1.54, 1.807) is 24.8 Å². The maximum atomic E-state index is 6.03. The van der Waals surface area contributed by atoms with Crippen molar-refractivity contribution in [2.24, 2.45) is 0 Å². The molecule has 3 aromatic rings. The molecule has 0 unspecified atom stereocenters. The Bertz CT molecular complexity index is 956. The van der Waals surface area contributed by atoms with E-state index in [2.05, 4.69) is 38.6 Å². The monoisotopic (exact) mass is 414 g/mol. The van der Waals surface area contributed by atoms with Gasteiger partial charge in [-0.25, -0.2) is 9.97 Å². The van der Waals surface area contributed by atoms with Crippen molar-refractivity contribution < 1.29 is 14.2 Å². The average molecular weight is 415 g/mol. The molecule has 1 fully saturated rings. The fourth-order valence-electron chi connectivity index (χ4n) is 3.34. The molecule has 1 saturated heterocycles. The lowest BCUT2D eigenvalue weighted by molar-refractivity contribution is 0.0357. The Morgan fingerprint density at radius 1 is 1.17 bits per heavy atom. The van der Waals surface area contributed by atoms with Crippen molar-refractivity contribution in [3.8, 4) is 11.5 Å². The van der Waals surface area contributed by atoms with E-state index in [1.807, 2.05) is 12.1 Å². The topological polar surface area (TPSA) is 68.7 Å². The van der Waals surface area contributed by atoms with Gasteiger partial charge in [0, 0.05) is 31.1 Å². The highest BCUT2D eigenvalue weighted by molar-refractivity contribution is 7.14.